The van der Waals surface area contributed by atoms with Gasteiger partial charge in [-0.1, -0.05) is 42.2 Å². The Hall–Kier alpha value is -1.74. The maximum Gasteiger partial charge on any atom is 0.268 e. The van der Waals surface area contributed by atoms with Crippen molar-refractivity contribution in [2.75, 3.05) is 13.6 Å². The first-order valence-electron chi connectivity index (χ1n) is 8.49. The normalized spacial score (nSPS) is 12.0. The molecule has 0 atom stereocenters. The average molecular weight is 426 g/mol. The molecule has 0 aliphatic heterocycles. The molecule has 27 heavy (non-hydrogen) atoms. The molecule has 9 heteroatoms. The van der Waals surface area contributed by atoms with E-state index >= 15 is 0 Å². The molecule has 2 heterocycles. The molecule has 6 nitrogen and oxygen atoms in total. The third kappa shape index (κ3) is 4.24. The Balaban J connectivity index is 1.91. The molecule has 3 aromatic rings. The van der Waals surface area contributed by atoms with Crippen molar-refractivity contribution >= 4 is 33.0 Å². The van der Waals surface area contributed by atoms with Crippen molar-refractivity contribution in [3.8, 4) is 22.2 Å². The Morgan fingerprint density at radius 2 is 2.07 bits per heavy atom. The lowest BCUT2D eigenvalue weighted by atomic mass is 10.2. The molecule has 0 unspecified atom stereocenters. The zero-order valence-electron chi connectivity index (χ0n) is 15.3. The molecular weight excluding hydrogens is 406 g/mol. The molecule has 0 saturated heterocycles. The van der Waals surface area contributed by atoms with Crippen molar-refractivity contribution < 1.29 is 12.9 Å². The fraction of sp³-hybridized carbons (Fsp3) is 0.333. The third-order valence-electron chi connectivity index (χ3n) is 4.11. The Labute approximate surface area is 167 Å². The van der Waals surface area contributed by atoms with E-state index in [4.69, 9.17) is 16.1 Å². The molecule has 0 spiro atoms. The minimum absolute atomic E-state index is 0.281. The van der Waals surface area contributed by atoms with Crippen molar-refractivity contribution in [1.82, 2.24) is 14.4 Å². The second kappa shape index (κ2) is 8.10. The summed E-state index contributed by atoms with van der Waals surface area (Å²) in [6, 6.07) is 8.75. The summed E-state index contributed by atoms with van der Waals surface area (Å²) in [5, 5.41) is 4.56. The van der Waals surface area contributed by atoms with Gasteiger partial charge in [0.25, 0.3) is 5.89 Å². The maximum absolute atomic E-state index is 12.8. The lowest BCUT2D eigenvalue weighted by molar-refractivity contribution is 0.433. The van der Waals surface area contributed by atoms with E-state index < -0.39 is 10.0 Å². The molecule has 1 aromatic carbocycles. The summed E-state index contributed by atoms with van der Waals surface area (Å²) < 4.78 is 32.4. The van der Waals surface area contributed by atoms with Crippen LogP contribution in [0.15, 0.2) is 39.8 Å². The van der Waals surface area contributed by atoms with E-state index in [0.717, 1.165) is 18.4 Å². The molecule has 0 fully saturated rings. The van der Waals surface area contributed by atoms with E-state index in [-0.39, 0.29) is 10.8 Å². The van der Waals surface area contributed by atoms with Gasteiger partial charge in [0.2, 0.25) is 15.8 Å². The van der Waals surface area contributed by atoms with Gasteiger partial charge in [-0.2, -0.15) is 4.98 Å². The zero-order chi connectivity index (χ0) is 19.6. The summed E-state index contributed by atoms with van der Waals surface area (Å²) in [6.45, 7) is 4.30. The molecule has 3 rings (SSSR count). The predicted octanol–water partition coefficient (Wildman–Crippen LogP) is 4.85. The fourth-order valence-corrected chi connectivity index (χ4v) is 5.44. The SMILES string of the molecule is CCCCN(C)S(=O)(=O)c1cc(-c2nc(-c3cccc(Cl)c3)no2)sc1C. The molecule has 2 aromatic heterocycles. The van der Waals surface area contributed by atoms with E-state index in [1.54, 1.807) is 38.2 Å². The Bertz CT molecular complexity index is 1040. The minimum atomic E-state index is -3.54. The van der Waals surface area contributed by atoms with Gasteiger partial charge in [-0.05, 0) is 31.5 Å². The molecule has 0 saturated carbocycles. The number of thiophene rings is 1. The molecule has 144 valence electrons. The van der Waals surface area contributed by atoms with Crippen LogP contribution in [0.25, 0.3) is 22.2 Å². The van der Waals surface area contributed by atoms with Gasteiger partial charge < -0.3 is 4.52 Å². The van der Waals surface area contributed by atoms with E-state index in [2.05, 4.69) is 10.1 Å². The number of aryl methyl sites for hydroxylation is 1. The van der Waals surface area contributed by atoms with Crippen LogP contribution in [0.1, 0.15) is 24.6 Å². The highest BCUT2D eigenvalue weighted by Gasteiger charge is 2.26. The summed E-state index contributed by atoms with van der Waals surface area (Å²) in [5.41, 5.74) is 0.734. The van der Waals surface area contributed by atoms with Crippen LogP contribution in [0.5, 0.6) is 0 Å². The molecule has 0 amide bonds. The molecule has 0 radical (unpaired) electrons. The molecule has 0 N–H and O–H groups in total. The Morgan fingerprint density at radius 3 is 2.78 bits per heavy atom. The van der Waals surface area contributed by atoms with Gasteiger partial charge in [0.1, 0.15) is 0 Å². The summed E-state index contributed by atoms with van der Waals surface area (Å²) in [7, 11) is -1.94. The lowest BCUT2D eigenvalue weighted by Crippen LogP contribution is -2.28. The fourth-order valence-electron chi connectivity index (χ4n) is 2.56. The second-order valence-electron chi connectivity index (χ2n) is 6.14. The van der Waals surface area contributed by atoms with E-state index in [1.807, 2.05) is 13.0 Å². The van der Waals surface area contributed by atoms with E-state index in [1.165, 1.54) is 15.6 Å². The molecule has 0 aliphatic carbocycles. The first-order valence-corrected chi connectivity index (χ1v) is 11.1. The topological polar surface area (TPSA) is 76.3 Å². The minimum Gasteiger partial charge on any atom is -0.333 e. The molecular formula is C18H20ClN3O3S2. The van der Waals surface area contributed by atoms with E-state index in [0.29, 0.717) is 27.1 Å². The first kappa shape index (κ1) is 20.0. The summed E-state index contributed by atoms with van der Waals surface area (Å²) in [6.07, 6.45) is 1.75. The van der Waals surface area contributed by atoms with Crippen LogP contribution in [0, 0.1) is 6.92 Å². The number of hydrogen-bond acceptors (Lipinski definition) is 6. The zero-order valence-corrected chi connectivity index (χ0v) is 17.7. The Morgan fingerprint density at radius 1 is 1.30 bits per heavy atom. The van der Waals surface area contributed by atoms with Gasteiger partial charge in [0, 0.05) is 29.1 Å². The van der Waals surface area contributed by atoms with Crippen molar-refractivity contribution in [3.63, 3.8) is 0 Å². The largest absolute Gasteiger partial charge is 0.333 e. The number of nitrogens with zero attached hydrogens (tertiary/aromatic N) is 3. The summed E-state index contributed by atoms with van der Waals surface area (Å²) >= 11 is 7.32. The number of halogens is 1. The summed E-state index contributed by atoms with van der Waals surface area (Å²) in [5.74, 6) is 0.693. The Kier molecular flexibility index (Phi) is 6.00. The van der Waals surface area contributed by atoms with Gasteiger partial charge in [0.15, 0.2) is 0 Å². The number of aromatic nitrogens is 2. The number of sulfonamides is 1. The van der Waals surface area contributed by atoms with Crippen LogP contribution in [0.3, 0.4) is 0 Å². The van der Waals surface area contributed by atoms with Crippen molar-refractivity contribution in [3.05, 3.63) is 40.2 Å². The van der Waals surface area contributed by atoms with Crippen molar-refractivity contribution in [2.24, 2.45) is 0 Å². The lowest BCUT2D eigenvalue weighted by Gasteiger charge is -2.16. The van der Waals surface area contributed by atoms with Crippen LogP contribution in [-0.4, -0.2) is 36.5 Å². The van der Waals surface area contributed by atoms with Gasteiger partial charge in [-0.25, -0.2) is 12.7 Å². The average Bonchev–Trinajstić information content (AvgIpc) is 3.26. The van der Waals surface area contributed by atoms with Crippen LogP contribution in [0.4, 0.5) is 0 Å². The third-order valence-corrected chi connectivity index (χ3v) is 7.49. The van der Waals surface area contributed by atoms with Gasteiger partial charge in [0.05, 0.1) is 9.77 Å². The van der Waals surface area contributed by atoms with Gasteiger partial charge in [-0.3, -0.25) is 0 Å². The first-order chi connectivity index (χ1) is 12.8. The smallest absolute Gasteiger partial charge is 0.268 e. The van der Waals surface area contributed by atoms with Crippen LogP contribution in [0.2, 0.25) is 5.02 Å². The van der Waals surface area contributed by atoms with Crippen LogP contribution < -0.4 is 0 Å². The van der Waals surface area contributed by atoms with Crippen LogP contribution in [-0.2, 0) is 10.0 Å². The number of hydrogen-bond donors (Lipinski definition) is 0. The number of unbranched alkanes of at least 4 members (excludes halogenated alkanes) is 1. The highest BCUT2D eigenvalue weighted by molar-refractivity contribution is 7.89. The number of benzene rings is 1. The standard InChI is InChI=1S/C18H20ClN3O3S2/c1-4-5-9-22(3)27(23,24)16-11-15(26-12(16)2)18-20-17(21-25-18)13-7-6-8-14(19)10-13/h6-8,10-11H,4-5,9H2,1-3H3. The second-order valence-corrected chi connectivity index (χ2v) is 9.85. The van der Waals surface area contributed by atoms with E-state index in [9.17, 15) is 8.42 Å². The molecule has 0 aliphatic rings. The highest BCUT2D eigenvalue weighted by atomic mass is 35.5. The highest BCUT2D eigenvalue weighted by Crippen LogP contribution is 2.35. The van der Waals surface area contributed by atoms with Crippen molar-refractivity contribution in [2.45, 2.75) is 31.6 Å². The molecule has 0 bridgehead atoms. The quantitative estimate of drug-likeness (QED) is 0.540. The number of rotatable bonds is 7. The summed E-state index contributed by atoms with van der Waals surface area (Å²) in [4.78, 5) is 5.98. The van der Waals surface area contributed by atoms with Gasteiger partial charge in [-0.15, -0.1) is 11.3 Å². The predicted molar refractivity (Wildman–Crippen MR) is 108 cm³/mol. The van der Waals surface area contributed by atoms with Crippen LogP contribution >= 0.6 is 22.9 Å². The van der Waals surface area contributed by atoms with Crippen molar-refractivity contribution in [1.29, 1.82) is 0 Å². The van der Waals surface area contributed by atoms with Gasteiger partial charge >= 0.3 is 0 Å². The maximum atomic E-state index is 12.8. The monoisotopic (exact) mass is 425 g/mol.